The van der Waals surface area contributed by atoms with Gasteiger partial charge < -0.3 is 34.4 Å². The molecule has 0 atom stereocenters. The van der Waals surface area contributed by atoms with Gasteiger partial charge in [0.25, 0.3) is 0 Å². The number of fused-ring (bicyclic) bond motifs is 1. The van der Waals surface area contributed by atoms with Gasteiger partial charge in [-0.05, 0) is 24.0 Å². The highest BCUT2D eigenvalue weighted by Crippen LogP contribution is 2.27. The van der Waals surface area contributed by atoms with E-state index in [2.05, 4.69) is 9.55 Å². The van der Waals surface area contributed by atoms with Crippen LogP contribution >= 0.6 is 0 Å². The molecule has 2 heterocycles. The minimum absolute atomic E-state index is 0. The van der Waals surface area contributed by atoms with Gasteiger partial charge in [0.1, 0.15) is 12.8 Å². The molecule has 1 aromatic carbocycles. The van der Waals surface area contributed by atoms with Crippen LogP contribution in [0.5, 0.6) is 11.6 Å². The summed E-state index contributed by atoms with van der Waals surface area (Å²) in [6, 6.07) is 9.62. The number of aromatic nitrogens is 3. The molecule has 3 rings (SSSR count). The number of pyridine rings is 1. The summed E-state index contributed by atoms with van der Waals surface area (Å²) in [5.74, 6) is 1.54. The van der Waals surface area contributed by atoms with Crippen molar-refractivity contribution >= 4 is 22.5 Å². The van der Waals surface area contributed by atoms with Gasteiger partial charge in [-0.3, -0.25) is 5.73 Å². The maximum absolute atomic E-state index is 6.15. The van der Waals surface area contributed by atoms with E-state index in [-0.39, 0.29) is 24.0 Å². The van der Waals surface area contributed by atoms with Crippen LogP contribution in [0.25, 0.3) is 10.9 Å². The van der Waals surface area contributed by atoms with Gasteiger partial charge in [-0.1, -0.05) is 0 Å². The number of benzene rings is 1. The Balaban J connectivity index is 0.00000208. The number of anilines is 2. The van der Waals surface area contributed by atoms with E-state index in [0.717, 1.165) is 28.0 Å². The number of halogens is 1. The van der Waals surface area contributed by atoms with Crippen molar-refractivity contribution in [1.82, 2.24) is 4.98 Å². The first kappa shape index (κ1) is 18.2. The Kier molecular flexibility index (Phi) is 5.12. The van der Waals surface area contributed by atoms with Crippen molar-refractivity contribution < 1.29 is 37.8 Å². The van der Waals surface area contributed by atoms with Gasteiger partial charge in [-0.25, -0.2) is 4.57 Å². The summed E-state index contributed by atoms with van der Waals surface area (Å²) in [5.41, 5.74) is 15.9. The van der Waals surface area contributed by atoms with E-state index >= 15 is 0 Å². The Morgan fingerprint density at radius 1 is 0.958 bits per heavy atom. The van der Waals surface area contributed by atoms with Gasteiger partial charge in [0, 0.05) is 19.1 Å². The van der Waals surface area contributed by atoms with Crippen LogP contribution in [0, 0.1) is 13.8 Å². The molecule has 2 aromatic heterocycles. The molecule has 0 bridgehead atoms. The molecule has 0 saturated carbocycles. The maximum atomic E-state index is 6.15. The van der Waals surface area contributed by atoms with Gasteiger partial charge in [0.05, 0.1) is 29.9 Å². The molecule has 0 spiro atoms. The zero-order valence-electron chi connectivity index (χ0n) is 14.2. The molecule has 0 fully saturated rings. The second kappa shape index (κ2) is 6.76. The molecule has 126 valence electrons. The smallest absolute Gasteiger partial charge is 0.392 e. The molecule has 0 unspecified atom stereocenters. The van der Waals surface area contributed by atoms with Crippen molar-refractivity contribution in [2.24, 2.45) is 14.1 Å². The van der Waals surface area contributed by atoms with Crippen LogP contribution in [0.2, 0.25) is 0 Å². The molecular formula is C17H21IN5O+. The third-order valence-corrected chi connectivity index (χ3v) is 4.19. The van der Waals surface area contributed by atoms with Crippen LogP contribution in [0.4, 0.5) is 11.6 Å². The Morgan fingerprint density at radius 3 is 2.29 bits per heavy atom. The van der Waals surface area contributed by atoms with Crippen molar-refractivity contribution in [2.75, 3.05) is 11.5 Å². The molecule has 4 N–H and O–H groups in total. The lowest BCUT2D eigenvalue weighted by Gasteiger charge is -2.07. The lowest BCUT2D eigenvalue weighted by molar-refractivity contribution is -0.665. The minimum atomic E-state index is 0. The highest BCUT2D eigenvalue weighted by Gasteiger charge is 2.15. The van der Waals surface area contributed by atoms with Crippen LogP contribution in [-0.2, 0) is 14.1 Å². The van der Waals surface area contributed by atoms with Crippen molar-refractivity contribution in [3.8, 4) is 11.6 Å². The number of aryl methyl sites for hydroxylation is 3. The normalized spacial score (nSPS) is 10.5. The van der Waals surface area contributed by atoms with Crippen molar-refractivity contribution in [3.63, 3.8) is 0 Å². The molecule has 3 aromatic rings. The van der Waals surface area contributed by atoms with Crippen molar-refractivity contribution in [1.29, 1.82) is 0 Å². The lowest BCUT2D eigenvalue weighted by Crippen LogP contribution is -3.00. The number of nitrogens with zero attached hydrogens (tertiary/aromatic N) is 3. The van der Waals surface area contributed by atoms with E-state index in [1.807, 2.05) is 58.3 Å². The average Bonchev–Trinajstić information content (AvgIpc) is 2.50. The number of hydrogen-bond donors (Lipinski definition) is 2. The first-order chi connectivity index (χ1) is 10.9. The summed E-state index contributed by atoms with van der Waals surface area (Å²) in [4.78, 5) is 4.25. The fourth-order valence-corrected chi connectivity index (χ4v) is 2.54. The van der Waals surface area contributed by atoms with Gasteiger partial charge >= 0.3 is 11.8 Å². The topological polar surface area (TPSA) is 81.9 Å². The molecule has 0 aliphatic heterocycles. The van der Waals surface area contributed by atoms with Gasteiger partial charge in [0.2, 0.25) is 5.52 Å². The van der Waals surface area contributed by atoms with E-state index in [4.69, 9.17) is 16.2 Å². The minimum Gasteiger partial charge on any atom is -1.00 e. The second-order valence-electron chi connectivity index (χ2n) is 5.73. The molecule has 0 radical (unpaired) electrons. The quantitative estimate of drug-likeness (QED) is 0.376. The lowest BCUT2D eigenvalue weighted by atomic mass is 10.1. The highest BCUT2D eigenvalue weighted by molar-refractivity contribution is 5.89. The third kappa shape index (κ3) is 3.21. The second-order valence-corrected chi connectivity index (χ2v) is 5.73. The highest BCUT2D eigenvalue weighted by atomic mass is 127. The van der Waals surface area contributed by atoms with E-state index < -0.39 is 0 Å². The summed E-state index contributed by atoms with van der Waals surface area (Å²) in [5, 5.41) is 0.946. The van der Waals surface area contributed by atoms with Crippen LogP contribution in [0.1, 0.15) is 11.4 Å². The molecule has 6 nitrogen and oxygen atoms in total. The Hall–Kier alpha value is -2.16. The zero-order chi connectivity index (χ0) is 16.7. The molecule has 7 heteroatoms. The standard InChI is InChI=1S/C17H19N5O.HI/c1-10-7-14(18)13-9-12(5-6-15(13)21(10)3)23-16-8-11(2)22(4)17(19)20-16;/h5-9,18-19H,1-4H3;1H/p+1. The number of nitrogen functional groups attached to an aromatic ring is 2. The number of ether oxygens (including phenoxy) is 1. The van der Waals surface area contributed by atoms with Crippen LogP contribution in [-0.4, -0.2) is 4.98 Å². The predicted molar refractivity (Wildman–Crippen MR) is 88.9 cm³/mol. The summed E-state index contributed by atoms with van der Waals surface area (Å²) in [6.07, 6.45) is 0. The zero-order valence-corrected chi connectivity index (χ0v) is 16.3. The molecular weight excluding hydrogens is 417 g/mol. The predicted octanol–water partition coefficient (Wildman–Crippen LogP) is -1.54. The summed E-state index contributed by atoms with van der Waals surface area (Å²) in [7, 11) is 3.88. The first-order valence-electron chi connectivity index (χ1n) is 7.36. The van der Waals surface area contributed by atoms with Gasteiger partial charge in [-0.15, -0.1) is 0 Å². The monoisotopic (exact) mass is 438 g/mol. The fourth-order valence-electron chi connectivity index (χ4n) is 2.54. The maximum Gasteiger partial charge on any atom is 0.392 e. The molecule has 24 heavy (non-hydrogen) atoms. The van der Waals surface area contributed by atoms with Crippen LogP contribution in [0.15, 0.2) is 30.3 Å². The number of nitrogens with two attached hydrogens (primary N) is 2. The molecule has 0 saturated heterocycles. The van der Waals surface area contributed by atoms with Gasteiger partial charge in [0.15, 0.2) is 5.69 Å². The molecule has 0 amide bonds. The first-order valence-corrected chi connectivity index (χ1v) is 7.36. The largest absolute Gasteiger partial charge is 1.00 e. The van der Waals surface area contributed by atoms with Crippen LogP contribution < -0.4 is 49.3 Å². The Bertz CT molecular complexity index is 903. The Labute approximate surface area is 158 Å². The van der Waals surface area contributed by atoms with E-state index in [1.54, 1.807) is 4.57 Å². The summed E-state index contributed by atoms with van der Waals surface area (Å²) in [6.45, 7) is 3.98. The van der Waals surface area contributed by atoms with Crippen molar-refractivity contribution in [3.05, 3.63) is 41.7 Å². The van der Waals surface area contributed by atoms with Crippen LogP contribution in [0.3, 0.4) is 0 Å². The molecule has 0 aliphatic rings. The average molecular weight is 438 g/mol. The van der Waals surface area contributed by atoms with E-state index in [0.29, 0.717) is 17.6 Å². The number of rotatable bonds is 2. The number of hydrogen-bond acceptors (Lipinski definition) is 4. The van der Waals surface area contributed by atoms with E-state index in [9.17, 15) is 0 Å². The Morgan fingerprint density at radius 2 is 1.62 bits per heavy atom. The summed E-state index contributed by atoms with van der Waals surface area (Å²) >= 11 is 0. The van der Waals surface area contributed by atoms with Gasteiger partial charge in [-0.2, -0.15) is 4.57 Å². The fraction of sp³-hybridized carbons (Fsp3) is 0.235. The summed E-state index contributed by atoms with van der Waals surface area (Å²) < 4.78 is 9.75. The van der Waals surface area contributed by atoms with E-state index in [1.165, 1.54) is 0 Å². The SMILES string of the molecule is Cc1cc(Oc2ccc3c(c2)c(N)cc(C)[n+]3C)nc(N)[n+]1C.[I-]. The van der Waals surface area contributed by atoms with Crippen molar-refractivity contribution in [2.45, 2.75) is 13.8 Å². The molecule has 0 aliphatic carbocycles. The third-order valence-electron chi connectivity index (χ3n) is 4.19.